The molecule has 0 bridgehead atoms. The third-order valence-corrected chi connectivity index (χ3v) is 4.99. The molecule has 1 aliphatic rings. The van der Waals surface area contributed by atoms with Crippen molar-refractivity contribution in [3.8, 4) is 11.6 Å². The Hall–Kier alpha value is -2.57. The normalized spacial score (nSPS) is 16.1. The molecule has 0 aromatic carbocycles. The number of hydrogen-bond donors (Lipinski definition) is 0. The van der Waals surface area contributed by atoms with Crippen LogP contribution in [0.25, 0.3) is 11.6 Å². The highest BCUT2D eigenvalue weighted by Gasteiger charge is 2.44. The Morgan fingerprint density at radius 1 is 1.24 bits per heavy atom. The molecule has 0 N–H and O–H groups in total. The molecule has 0 unspecified atom stereocenters. The molecular weight excluding hydrogens is 316 g/mol. The minimum absolute atomic E-state index is 0.154. The smallest absolute Gasteiger partial charge is 0.280 e. The van der Waals surface area contributed by atoms with E-state index in [-0.39, 0.29) is 5.41 Å². The predicted octanol–water partition coefficient (Wildman–Crippen LogP) is 3.24. The molecule has 3 aromatic heterocycles. The lowest BCUT2D eigenvalue weighted by Crippen LogP contribution is -2.36. The maximum atomic E-state index is 5.50. The van der Waals surface area contributed by atoms with E-state index in [4.69, 9.17) is 4.52 Å². The Kier molecular flexibility index (Phi) is 4.07. The number of rotatable bonds is 6. The predicted molar refractivity (Wildman–Crippen MR) is 91.6 cm³/mol. The van der Waals surface area contributed by atoms with Crippen LogP contribution in [0.3, 0.4) is 0 Å². The highest BCUT2D eigenvalue weighted by Crippen LogP contribution is 2.47. The summed E-state index contributed by atoms with van der Waals surface area (Å²) in [5.74, 6) is 1.80. The fourth-order valence-corrected chi connectivity index (χ4v) is 3.26. The van der Waals surface area contributed by atoms with E-state index in [2.05, 4.69) is 39.3 Å². The van der Waals surface area contributed by atoms with Gasteiger partial charge in [0.25, 0.3) is 5.89 Å². The van der Waals surface area contributed by atoms with Gasteiger partial charge in [-0.05, 0) is 42.9 Å². The van der Waals surface area contributed by atoms with Gasteiger partial charge in [-0.25, -0.2) is 0 Å². The Balaban J connectivity index is 1.58. The standard InChI is InChI=1S/C18H22N6O/c1-13(2)6-11-24-12-15(21-23-24)16-20-17(22-25-16)18(7-3-8-18)14-4-9-19-10-5-14/h4-5,9-10,12-13H,3,6-8,11H2,1-2H3. The average molecular weight is 338 g/mol. The van der Waals surface area contributed by atoms with Crippen molar-refractivity contribution in [2.24, 2.45) is 5.92 Å². The molecule has 1 saturated carbocycles. The molecule has 0 amide bonds. The van der Waals surface area contributed by atoms with Crippen LogP contribution in [-0.4, -0.2) is 30.1 Å². The topological polar surface area (TPSA) is 82.5 Å². The van der Waals surface area contributed by atoms with Gasteiger partial charge in [-0.15, -0.1) is 5.10 Å². The summed E-state index contributed by atoms with van der Waals surface area (Å²) in [5.41, 5.74) is 1.67. The molecule has 7 heteroatoms. The van der Waals surface area contributed by atoms with Crippen molar-refractivity contribution in [3.05, 3.63) is 42.1 Å². The zero-order valence-corrected chi connectivity index (χ0v) is 14.6. The van der Waals surface area contributed by atoms with Gasteiger partial charge in [0.1, 0.15) is 0 Å². The van der Waals surface area contributed by atoms with E-state index in [1.54, 1.807) is 0 Å². The van der Waals surface area contributed by atoms with E-state index in [1.165, 1.54) is 5.56 Å². The molecule has 1 fully saturated rings. The Morgan fingerprint density at radius 2 is 2.04 bits per heavy atom. The van der Waals surface area contributed by atoms with Gasteiger partial charge in [0.15, 0.2) is 11.5 Å². The van der Waals surface area contributed by atoms with Crippen LogP contribution in [0.5, 0.6) is 0 Å². The van der Waals surface area contributed by atoms with Gasteiger partial charge in [0, 0.05) is 18.9 Å². The Morgan fingerprint density at radius 3 is 2.72 bits per heavy atom. The number of aryl methyl sites for hydroxylation is 1. The third-order valence-electron chi connectivity index (χ3n) is 4.99. The first kappa shape index (κ1) is 15.9. The number of hydrogen-bond acceptors (Lipinski definition) is 6. The van der Waals surface area contributed by atoms with Crippen LogP contribution in [0, 0.1) is 5.92 Å². The second kappa shape index (κ2) is 6.38. The van der Waals surface area contributed by atoms with Crippen LogP contribution in [0.15, 0.2) is 35.2 Å². The van der Waals surface area contributed by atoms with E-state index in [0.29, 0.717) is 17.5 Å². The minimum Gasteiger partial charge on any atom is -0.332 e. The average Bonchev–Trinajstić information content (AvgIpc) is 3.22. The molecule has 3 aromatic rings. The van der Waals surface area contributed by atoms with Gasteiger partial charge >= 0.3 is 0 Å². The summed E-state index contributed by atoms with van der Waals surface area (Å²) >= 11 is 0. The van der Waals surface area contributed by atoms with Crippen LogP contribution in [-0.2, 0) is 12.0 Å². The molecule has 7 nitrogen and oxygen atoms in total. The van der Waals surface area contributed by atoms with Crippen molar-refractivity contribution < 1.29 is 4.52 Å². The molecule has 4 rings (SSSR count). The van der Waals surface area contributed by atoms with Crippen LogP contribution in [0.1, 0.15) is 50.9 Å². The maximum absolute atomic E-state index is 5.50. The maximum Gasteiger partial charge on any atom is 0.280 e. The first-order valence-electron chi connectivity index (χ1n) is 8.82. The van der Waals surface area contributed by atoms with E-state index in [9.17, 15) is 0 Å². The van der Waals surface area contributed by atoms with Gasteiger partial charge in [-0.2, -0.15) is 4.98 Å². The summed E-state index contributed by atoms with van der Waals surface area (Å²) in [4.78, 5) is 8.76. The zero-order chi connectivity index (χ0) is 17.3. The van der Waals surface area contributed by atoms with E-state index < -0.39 is 0 Å². The summed E-state index contributed by atoms with van der Waals surface area (Å²) < 4.78 is 7.33. The monoisotopic (exact) mass is 338 g/mol. The molecule has 3 heterocycles. The van der Waals surface area contributed by atoms with Gasteiger partial charge in [-0.1, -0.05) is 30.6 Å². The number of pyridine rings is 1. The lowest BCUT2D eigenvalue weighted by atomic mass is 9.64. The number of aromatic nitrogens is 6. The SMILES string of the molecule is CC(C)CCn1cc(-c2nc(C3(c4ccncc4)CCC3)no2)nn1. The second-order valence-electron chi connectivity index (χ2n) is 7.14. The summed E-state index contributed by atoms with van der Waals surface area (Å²) in [6.45, 7) is 5.23. The lowest BCUT2D eigenvalue weighted by molar-refractivity contribution is 0.272. The minimum atomic E-state index is -0.154. The molecule has 0 aliphatic heterocycles. The first-order chi connectivity index (χ1) is 12.2. The van der Waals surface area contributed by atoms with Crippen molar-refractivity contribution in [1.29, 1.82) is 0 Å². The molecular formula is C18H22N6O. The van der Waals surface area contributed by atoms with Crippen LogP contribution in [0.2, 0.25) is 0 Å². The molecule has 0 radical (unpaired) electrons. The quantitative estimate of drug-likeness (QED) is 0.686. The molecule has 0 spiro atoms. The van der Waals surface area contributed by atoms with Crippen LogP contribution in [0.4, 0.5) is 0 Å². The summed E-state index contributed by atoms with van der Waals surface area (Å²) in [7, 11) is 0. The summed E-state index contributed by atoms with van der Waals surface area (Å²) in [5, 5.41) is 12.6. The second-order valence-corrected chi connectivity index (χ2v) is 7.14. The molecule has 1 aliphatic carbocycles. The van der Waals surface area contributed by atoms with Gasteiger partial charge in [-0.3, -0.25) is 9.67 Å². The van der Waals surface area contributed by atoms with Crippen molar-refractivity contribution >= 4 is 0 Å². The van der Waals surface area contributed by atoms with E-state index in [0.717, 1.165) is 38.1 Å². The van der Waals surface area contributed by atoms with Crippen molar-refractivity contribution in [1.82, 2.24) is 30.1 Å². The van der Waals surface area contributed by atoms with Gasteiger partial charge < -0.3 is 4.52 Å². The highest BCUT2D eigenvalue weighted by molar-refractivity contribution is 5.45. The lowest BCUT2D eigenvalue weighted by Gasteiger charge is -2.39. The van der Waals surface area contributed by atoms with Crippen molar-refractivity contribution in [2.45, 2.75) is 51.5 Å². The van der Waals surface area contributed by atoms with Crippen LogP contribution >= 0.6 is 0 Å². The summed E-state index contributed by atoms with van der Waals surface area (Å²) in [6.07, 6.45) is 9.78. The fraction of sp³-hybridized carbons (Fsp3) is 0.500. The van der Waals surface area contributed by atoms with E-state index >= 15 is 0 Å². The van der Waals surface area contributed by atoms with Gasteiger partial charge in [0.2, 0.25) is 0 Å². The molecule has 0 saturated heterocycles. The first-order valence-corrected chi connectivity index (χ1v) is 8.82. The molecule has 130 valence electrons. The third kappa shape index (κ3) is 2.94. The molecule has 0 atom stereocenters. The van der Waals surface area contributed by atoms with Crippen LogP contribution < -0.4 is 0 Å². The summed E-state index contributed by atoms with van der Waals surface area (Å²) in [6, 6.07) is 4.08. The molecule has 25 heavy (non-hydrogen) atoms. The van der Waals surface area contributed by atoms with Crippen molar-refractivity contribution in [2.75, 3.05) is 0 Å². The number of nitrogens with zero attached hydrogens (tertiary/aromatic N) is 6. The van der Waals surface area contributed by atoms with Gasteiger partial charge in [0.05, 0.1) is 11.6 Å². The fourth-order valence-electron chi connectivity index (χ4n) is 3.26. The zero-order valence-electron chi connectivity index (χ0n) is 14.6. The Bertz CT molecular complexity index is 834. The largest absolute Gasteiger partial charge is 0.332 e. The van der Waals surface area contributed by atoms with Crippen molar-refractivity contribution in [3.63, 3.8) is 0 Å². The Labute approximate surface area is 146 Å². The highest BCUT2D eigenvalue weighted by atomic mass is 16.5. The van der Waals surface area contributed by atoms with E-state index in [1.807, 2.05) is 35.4 Å².